The lowest BCUT2D eigenvalue weighted by atomic mass is 9.79. The number of hydrogen-bond acceptors (Lipinski definition) is 2. The van der Waals surface area contributed by atoms with Gasteiger partial charge in [0.2, 0.25) is 0 Å². The molecule has 2 aliphatic carbocycles. The standard InChI is InChI=1S/C58H43NO/c1-57(2)49-24-12-10-19-42(49)43-33-32-39(34-51(43)57)59(38-30-28-37(29-31-38)40-22-14-23-46-44-20-11-13-27-53(44)60-56(40)46)52-26-15-25-50-54(52)48-35-47(36-16-6-5-7-17-36)41-18-8-9-21-45(41)55(48)58(50,3)4/h5-35H,1-4H3. The highest BCUT2D eigenvalue weighted by Crippen LogP contribution is 2.58. The predicted molar refractivity (Wildman–Crippen MR) is 252 cm³/mol. The lowest BCUT2D eigenvalue weighted by Crippen LogP contribution is -2.17. The van der Waals surface area contributed by atoms with E-state index in [0.29, 0.717) is 0 Å². The Balaban J connectivity index is 1.09. The fraction of sp³-hybridized carbons (Fsp3) is 0.103. The SMILES string of the molecule is CC1(C)c2ccccc2-c2ccc(N(c3ccc(-c4cccc5c4oc4ccccc45)cc3)c3cccc4c3-c3cc(-c5ccccc5)c5ccccc5c3C4(C)C)cc21. The molecule has 0 spiro atoms. The van der Waals surface area contributed by atoms with E-state index >= 15 is 0 Å². The van der Waals surface area contributed by atoms with E-state index in [1.807, 2.05) is 6.07 Å². The molecule has 9 aromatic carbocycles. The molecule has 0 N–H and O–H groups in total. The largest absolute Gasteiger partial charge is 0.455 e. The summed E-state index contributed by atoms with van der Waals surface area (Å²) < 4.78 is 6.51. The van der Waals surface area contributed by atoms with Crippen LogP contribution in [0.25, 0.3) is 77.2 Å². The minimum atomic E-state index is -0.224. The third-order valence-electron chi connectivity index (χ3n) is 13.6. The van der Waals surface area contributed by atoms with Crippen LogP contribution in [0.15, 0.2) is 192 Å². The summed E-state index contributed by atoms with van der Waals surface area (Å²) in [6, 6.07) is 69.3. The number of para-hydroxylation sites is 2. The zero-order valence-electron chi connectivity index (χ0n) is 34.3. The average molecular weight is 770 g/mol. The van der Waals surface area contributed by atoms with Gasteiger partial charge in [-0.15, -0.1) is 0 Å². The van der Waals surface area contributed by atoms with Crippen LogP contribution in [0, 0.1) is 0 Å². The fourth-order valence-corrected chi connectivity index (χ4v) is 10.8. The third kappa shape index (κ3) is 4.88. The molecule has 0 aliphatic heterocycles. The van der Waals surface area contributed by atoms with Crippen LogP contribution >= 0.6 is 0 Å². The van der Waals surface area contributed by atoms with Crippen LogP contribution in [0.1, 0.15) is 49.9 Å². The summed E-state index contributed by atoms with van der Waals surface area (Å²) in [5.41, 5.74) is 20.3. The quantitative estimate of drug-likeness (QED) is 0.173. The number of benzene rings is 9. The highest BCUT2D eigenvalue weighted by atomic mass is 16.3. The van der Waals surface area contributed by atoms with Gasteiger partial charge in [-0.25, -0.2) is 0 Å². The third-order valence-corrected chi connectivity index (χ3v) is 13.6. The van der Waals surface area contributed by atoms with Crippen LogP contribution in [0.2, 0.25) is 0 Å². The second-order valence-corrected chi connectivity index (χ2v) is 17.6. The van der Waals surface area contributed by atoms with Crippen LogP contribution in [-0.2, 0) is 10.8 Å². The smallest absolute Gasteiger partial charge is 0.143 e. The van der Waals surface area contributed by atoms with Gasteiger partial charge in [0, 0.05) is 44.1 Å². The number of furan rings is 1. The van der Waals surface area contributed by atoms with E-state index in [1.54, 1.807) is 0 Å². The van der Waals surface area contributed by atoms with Crippen molar-refractivity contribution >= 4 is 49.8 Å². The number of nitrogens with zero attached hydrogens (tertiary/aromatic N) is 1. The Morgan fingerprint density at radius 3 is 1.83 bits per heavy atom. The zero-order valence-corrected chi connectivity index (χ0v) is 34.3. The Labute approximate surface area is 351 Å². The summed E-state index contributed by atoms with van der Waals surface area (Å²) in [6.07, 6.45) is 0. The molecule has 1 heterocycles. The number of anilines is 3. The maximum atomic E-state index is 6.51. The number of fused-ring (bicyclic) bond motifs is 11. The minimum absolute atomic E-state index is 0.139. The van der Waals surface area contributed by atoms with Gasteiger partial charge < -0.3 is 9.32 Å². The summed E-state index contributed by atoms with van der Waals surface area (Å²) in [7, 11) is 0. The van der Waals surface area contributed by atoms with Crippen molar-refractivity contribution in [3.63, 3.8) is 0 Å². The van der Waals surface area contributed by atoms with Crippen molar-refractivity contribution in [2.24, 2.45) is 0 Å². The van der Waals surface area contributed by atoms with Gasteiger partial charge in [-0.3, -0.25) is 0 Å². The molecule has 12 rings (SSSR count). The summed E-state index contributed by atoms with van der Waals surface area (Å²) in [5, 5.41) is 4.88. The van der Waals surface area contributed by atoms with Crippen LogP contribution < -0.4 is 4.90 Å². The van der Waals surface area contributed by atoms with Crippen molar-refractivity contribution in [3.05, 3.63) is 210 Å². The van der Waals surface area contributed by atoms with Gasteiger partial charge in [0.15, 0.2) is 0 Å². The maximum Gasteiger partial charge on any atom is 0.143 e. The van der Waals surface area contributed by atoms with Gasteiger partial charge in [0.05, 0.1) is 5.69 Å². The van der Waals surface area contributed by atoms with Gasteiger partial charge >= 0.3 is 0 Å². The molecule has 2 nitrogen and oxygen atoms in total. The van der Waals surface area contributed by atoms with Crippen molar-refractivity contribution in [2.45, 2.75) is 38.5 Å². The van der Waals surface area contributed by atoms with Gasteiger partial charge in [0.1, 0.15) is 11.2 Å². The van der Waals surface area contributed by atoms with Crippen molar-refractivity contribution in [3.8, 4) is 44.5 Å². The molecule has 0 bridgehead atoms. The highest BCUT2D eigenvalue weighted by molar-refractivity contribution is 6.10. The first-order chi connectivity index (χ1) is 29.3. The number of hydrogen-bond donors (Lipinski definition) is 0. The molecule has 0 amide bonds. The minimum Gasteiger partial charge on any atom is -0.455 e. The van der Waals surface area contributed by atoms with Crippen molar-refractivity contribution in [1.82, 2.24) is 0 Å². The van der Waals surface area contributed by atoms with Crippen molar-refractivity contribution in [1.29, 1.82) is 0 Å². The Morgan fingerprint density at radius 2 is 1.00 bits per heavy atom. The maximum absolute atomic E-state index is 6.51. The average Bonchev–Trinajstić information content (AvgIpc) is 3.87. The molecule has 0 unspecified atom stereocenters. The van der Waals surface area contributed by atoms with Crippen LogP contribution in [0.5, 0.6) is 0 Å². The normalized spacial score (nSPS) is 14.3. The fourth-order valence-electron chi connectivity index (χ4n) is 10.8. The molecule has 286 valence electrons. The van der Waals surface area contributed by atoms with Gasteiger partial charge in [-0.1, -0.05) is 173 Å². The highest BCUT2D eigenvalue weighted by Gasteiger charge is 2.41. The van der Waals surface area contributed by atoms with E-state index in [0.717, 1.165) is 44.4 Å². The van der Waals surface area contributed by atoms with E-state index in [2.05, 4.69) is 215 Å². The Hall–Kier alpha value is -7.16. The topological polar surface area (TPSA) is 16.4 Å². The first-order valence-corrected chi connectivity index (χ1v) is 21.1. The molecule has 0 atom stereocenters. The van der Waals surface area contributed by atoms with Crippen LogP contribution in [0.3, 0.4) is 0 Å². The second kappa shape index (κ2) is 12.7. The summed E-state index contributed by atoms with van der Waals surface area (Å²) in [4.78, 5) is 2.51. The lowest BCUT2D eigenvalue weighted by Gasteiger charge is -2.30. The van der Waals surface area contributed by atoms with Gasteiger partial charge in [-0.05, 0) is 109 Å². The van der Waals surface area contributed by atoms with Crippen LogP contribution in [-0.4, -0.2) is 0 Å². The van der Waals surface area contributed by atoms with E-state index in [4.69, 9.17) is 4.42 Å². The summed E-state index contributed by atoms with van der Waals surface area (Å²) >= 11 is 0. The van der Waals surface area contributed by atoms with E-state index < -0.39 is 0 Å². The predicted octanol–water partition coefficient (Wildman–Crippen LogP) is 16.2. The van der Waals surface area contributed by atoms with E-state index in [1.165, 1.54) is 72.1 Å². The molecule has 10 aromatic rings. The van der Waals surface area contributed by atoms with Crippen molar-refractivity contribution < 1.29 is 4.42 Å². The Bertz CT molecular complexity index is 3370. The molecule has 0 saturated carbocycles. The first kappa shape index (κ1) is 34.8. The van der Waals surface area contributed by atoms with Gasteiger partial charge in [-0.2, -0.15) is 0 Å². The monoisotopic (exact) mass is 769 g/mol. The summed E-state index contributed by atoms with van der Waals surface area (Å²) in [6.45, 7) is 9.55. The van der Waals surface area contributed by atoms with Crippen LogP contribution in [0.4, 0.5) is 17.1 Å². The molecule has 60 heavy (non-hydrogen) atoms. The summed E-state index contributed by atoms with van der Waals surface area (Å²) in [5.74, 6) is 0. The molecule has 1 aromatic heterocycles. The van der Waals surface area contributed by atoms with Crippen molar-refractivity contribution in [2.75, 3.05) is 4.90 Å². The van der Waals surface area contributed by atoms with Gasteiger partial charge in [0.25, 0.3) is 0 Å². The Morgan fingerprint density at radius 1 is 0.383 bits per heavy atom. The lowest BCUT2D eigenvalue weighted by molar-refractivity contribution is 0.660. The Kier molecular flexibility index (Phi) is 7.36. The zero-order chi connectivity index (χ0) is 40.3. The first-order valence-electron chi connectivity index (χ1n) is 21.1. The molecule has 0 fully saturated rings. The molecule has 0 saturated heterocycles. The molecular weight excluding hydrogens is 727 g/mol. The van der Waals surface area contributed by atoms with E-state index in [9.17, 15) is 0 Å². The molecule has 2 heteroatoms. The molecule has 2 aliphatic rings. The van der Waals surface area contributed by atoms with E-state index in [-0.39, 0.29) is 10.8 Å². The number of rotatable bonds is 5. The second-order valence-electron chi connectivity index (χ2n) is 17.6. The molecular formula is C58H43NO. The molecule has 0 radical (unpaired) electrons.